The van der Waals surface area contributed by atoms with Gasteiger partial charge >= 0.3 is 5.69 Å². The lowest BCUT2D eigenvalue weighted by Crippen LogP contribution is -2.57. The molecule has 0 saturated heterocycles. The first-order chi connectivity index (χ1) is 9.49. The van der Waals surface area contributed by atoms with Gasteiger partial charge in [0.2, 0.25) is 0 Å². The Morgan fingerprint density at radius 1 is 1.33 bits per heavy atom. The molecule has 0 spiro atoms. The zero-order chi connectivity index (χ0) is 16.4. The fourth-order valence-electron chi connectivity index (χ4n) is 1.48. The van der Waals surface area contributed by atoms with Crippen molar-refractivity contribution in [3.8, 4) is 5.75 Å². The molecular weight excluding hydrogens is 276 g/mol. The van der Waals surface area contributed by atoms with Crippen molar-refractivity contribution < 1.29 is 19.6 Å². The molecule has 1 amide bonds. The molecule has 0 saturated carbocycles. The number of amides is 1. The van der Waals surface area contributed by atoms with Crippen molar-refractivity contribution in [3.05, 3.63) is 33.9 Å². The third kappa shape index (κ3) is 3.69. The van der Waals surface area contributed by atoms with E-state index in [0.717, 1.165) is 0 Å². The average molecular weight is 296 g/mol. The van der Waals surface area contributed by atoms with Gasteiger partial charge in [-0.15, -0.1) is 0 Å². The van der Waals surface area contributed by atoms with Crippen molar-refractivity contribution in [2.75, 3.05) is 7.11 Å². The van der Waals surface area contributed by atoms with Crippen LogP contribution in [-0.2, 0) is 0 Å². The summed E-state index contributed by atoms with van der Waals surface area (Å²) in [5.41, 5.74) is -2.00. The Bertz CT molecular complexity index is 561. The number of methoxy groups -OCH3 is 1. The highest BCUT2D eigenvalue weighted by atomic mass is 16.6. The van der Waals surface area contributed by atoms with Crippen molar-refractivity contribution in [2.45, 2.75) is 38.8 Å². The number of rotatable bonds is 5. The number of hydrogen-bond donors (Lipinski definition) is 2. The number of carbonyl (C=O) groups excluding carboxylic acids is 1. The third-order valence-electron chi connectivity index (χ3n) is 3.59. The maximum absolute atomic E-state index is 12.2. The van der Waals surface area contributed by atoms with Crippen molar-refractivity contribution in [1.82, 2.24) is 5.32 Å². The van der Waals surface area contributed by atoms with E-state index in [1.54, 1.807) is 27.7 Å². The lowest BCUT2D eigenvalue weighted by atomic mass is 9.85. The van der Waals surface area contributed by atoms with Crippen LogP contribution in [0.2, 0.25) is 0 Å². The Balaban J connectivity index is 3.07. The number of benzene rings is 1. The van der Waals surface area contributed by atoms with Crippen LogP contribution in [0.3, 0.4) is 0 Å². The summed E-state index contributed by atoms with van der Waals surface area (Å²) in [5.74, 6) is -0.441. The molecule has 0 unspecified atom stereocenters. The maximum Gasteiger partial charge on any atom is 0.310 e. The molecule has 2 N–H and O–H groups in total. The van der Waals surface area contributed by atoms with Crippen LogP contribution in [0.4, 0.5) is 5.69 Å². The molecule has 0 atom stereocenters. The fraction of sp³-hybridized carbons (Fsp3) is 0.500. The molecule has 1 aromatic carbocycles. The number of nitro groups is 1. The first kappa shape index (κ1) is 16.9. The molecule has 1 aromatic rings. The number of nitrogens with one attached hydrogen (secondary N) is 1. The van der Waals surface area contributed by atoms with Crippen LogP contribution >= 0.6 is 0 Å². The predicted octanol–water partition coefficient (Wildman–Crippen LogP) is 1.88. The largest absolute Gasteiger partial charge is 0.490 e. The Kier molecular flexibility index (Phi) is 4.58. The van der Waals surface area contributed by atoms with Crippen LogP contribution in [0.5, 0.6) is 5.75 Å². The zero-order valence-electron chi connectivity index (χ0n) is 12.8. The first-order valence-corrected chi connectivity index (χ1v) is 6.37. The molecule has 0 radical (unpaired) electrons. The highest BCUT2D eigenvalue weighted by molar-refractivity contribution is 5.95. The zero-order valence-corrected chi connectivity index (χ0v) is 12.8. The van der Waals surface area contributed by atoms with E-state index in [9.17, 15) is 20.0 Å². The second kappa shape index (κ2) is 5.69. The SMILES string of the molecule is COc1cc(C(=O)NC(C)(C)C(C)(C)O)ccc1[N+](=O)[O-]. The summed E-state index contributed by atoms with van der Waals surface area (Å²) in [6.07, 6.45) is 0. The Morgan fingerprint density at radius 3 is 2.33 bits per heavy atom. The fourth-order valence-corrected chi connectivity index (χ4v) is 1.48. The smallest absolute Gasteiger partial charge is 0.310 e. The quantitative estimate of drug-likeness (QED) is 0.638. The molecule has 0 aliphatic carbocycles. The lowest BCUT2D eigenvalue weighted by Gasteiger charge is -2.38. The van der Waals surface area contributed by atoms with E-state index in [4.69, 9.17) is 4.74 Å². The number of nitrogens with zero attached hydrogens (tertiary/aromatic N) is 1. The highest BCUT2D eigenvalue weighted by Gasteiger charge is 2.36. The Hall–Kier alpha value is -2.15. The van der Waals surface area contributed by atoms with Crippen molar-refractivity contribution >= 4 is 11.6 Å². The summed E-state index contributed by atoms with van der Waals surface area (Å²) in [7, 11) is 1.30. The van der Waals surface area contributed by atoms with Gasteiger partial charge < -0.3 is 15.2 Å². The molecule has 0 heterocycles. The minimum absolute atomic E-state index is 0.00807. The van der Waals surface area contributed by atoms with Crippen LogP contribution in [0.15, 0.2) is 18.2 Å². The number of ether oxygens (including phenoxy) is 1. The molecule has 7 nitrogen and oxygen atoms in total. The van der Waals surface area contributed by atoms with E-state index in [2.05, 4.69) is 5.32 Å². The third-order valence-corrected chi connectivity index (χ3v) is 3.59. The summed E-state index contributed by atoms with van der Waals surface area (Å²) in [6, 6.07) is 3.86. The topological polar surface area (TPSA) is 102 Å². The van der Waals surface area contributed by atoms with E-state index < -0.39 is 22.0 Å². The minimum atomic E-state index is -1.13. The molecule has 0 aliphatic heterocycles. The van der Waals surface area contributed by atoms with E-state index in [1.807, 2.05) is 0 Å². The van der Waals surface area contributed by atoms with Crippen molar-refractivity contribution in [1.29, 1.82) is 0 Å². The second-order valence-electron chi connectivity index (χ2n) is 5.78. The molecule has 0 bridgehead atoms. The summed E-state index contributed by atoms with van der Waals surface area (Å²) in [6.45, 7) is 6.55. The lowest BCUT2D eigenvalue weighted by molar-refractivity contribution is -0.385. The monoisotopic (exact) mass is 296 g/mol. The summed E-state index contributed by atoms with van der Waals surface area (Å²) < 4.78 is 4.92. The van der Waals surface area contributed by atoms with Crippen LogP contribution in [0.25, 0.3) is 0 Å². The standard InChI is InChI=1S/C14H20N2O5/c1-13(2,14(3,4)18)15-12(17)9-6-7-10(16(19)20)11(8-9)21-5/h6-8,18H,1-5H3,(H,15,17). The number of carbonyl (C=O) groups is 1. The van der Waals surface area contributed by atoms with E-state index >= 15 is 0 Å². The molecule has 0 aromatic heterocycles. The van der Waals surface area contributed by atoms with Crippen molar-refractivity contribution in [3.63, 3.8) is 0 Å². The molecule has 21 heavy (non-hydrogen) atoms. The molecule has 0 aliphatic rings. The Labute approximate surface area is 123 Å². The predicted molar refractivity (Wildman–Crippen MR) is 77.5 cm³/mol. The van der Waals surface area contributed by atoms with Gasteiger partial charge in [0, 0.05) is 17.7 Å². The highest BCUT2D eigenvalue weighted by Crippen LogP contribution is 2.28. The van der Waals surface area contributed by atoms with Gasteiger partial charge in [-0.05, 0) is 33.8 Å². The van der Waals surface area contributed by atoms with Gasteiger partial charge in [-0.25, -0.2) is 0 Å². The van der Waals surface area contributed by atoms with Gasteiger partial charge in [-0.2, -0.15) is 0 Å². The maximum atomic E-state index is 12.2. The van der Waals surface area contributed by atoms with E-state index in [1.165, 1.54) is 25.3 Å². The average Bonchev–Trinajstić information content (AvgIpc) is 2.35. The Morgan fingerprint density at radius 2 is 1.90 bits per heavy atom. The van der Waals surface area contributed by atoms with E-state index in [0.29, 0.717) is 0 Å². The first-order valence-electron chi connectivity index (χ1n) is 6.37. The molecular formula is C14H20N2O5. The number of nitro benzene ring substituents is 1. The minimum Gasteiger partial charge on any atom is -0.490 e. The van der Waals surface area contributed by atoms with Gasteiger partial charge in [-0.1, -0.05) is 0 Å². The van der Waals surface area contributed by atoms with Gasteiger partial charge in [0.25, 0.3) is 5.91 Å². The molecule has 116 valence electrons. The normalized spacial score (nSPS) is 11.9. The molecule has 1 rings (SSSR count). The summed E-state index contributed by atoms with van der Waals surface area (Å²) in [5, 5.41) is 23.5. The van der Waals surface area contributed by atoms with Gasteiger partial charge in [0.15, 0.2) is 5.75 Å². The van der Waals surface area contributed by atoms with Crippen LogP contribution in [-0.4, -0.2) is 34.2 Å². The van der Waals surface area contributed by atoms with Crippen LogP contribution < -0.4 is 10.1 Å². The number of aliphatic hydroxyl groups is 1. The van der Waals surface area contributed by atoms with E-state index in [-0.39, 0.29) is 17.0 Å². The van der Waals surface area contributed by atoms with Crippen LogP contribution in [0, 0.1) is 10.1 Å². The van der Waals surface area contributed by atoms with Crippen molar-refractivity contribution in [2.24, 2.45) is 0 Å². The van der Waals surface area contributed by atoms with Gasteiger partial charge in [-0.3, -0.25) is 14.9 Å². The second-order valence-corrected chi connectivity index (χ2v) is 5.78. The summed E-state index contributed by atoms with van der Waals surface area (Å²) >= 11 is 0. The molecule has 0 fully saturated rings. The summed E-state index contributed by atoms with van der Waals surface area (Å²) in [4.78, 5) is 22.4. The molecule has 7 heteroatoms. The van der Waals surface area contributed by atoms with Crippen LogP contribution in [0.1, 0.15) is 38.1 Å². The van der Waals surface area contributed by atoms with Gasteiger partial charge in [0.1, 0.15) is 0 Å². The number of hydrogen-bond acceptors (Lipinski definition) is 5. The van der Waals surface area contributed by atoms with Gasteiger partial charge in [0.05, 0.1) is 23.2 Å².